The first kappa shape index (κ1) is 19.7. The first-order valence-corrected chi connectivity index (χ1v) is 10.1. The minimum Gasteiger partial charge on any atom is -0.366 e. The number of nitrogens with two attached hydrogens (primary N) is 1. The third-order valence-electron chi connectivity index (χ3n) is 4.42. The van der Waals surface area contributed by atoms with Crippen molar-refractivity contribution in [2.75, 3.05) is 15.9 Å². The summed E-state index contributed by atoms with van der Waals surface area (Å²) < 4.78 is 52.7. The summed E-state index contributed by atoms with van der Waals surface area (Å²) in [6, 6.07) is 5.42. The number of anilines is 2. The van der Waals surface area contributed by atoms with E-state index in [1.807, 2.05) is 0 Å². The standard InChI is InChI=1S/C18H17F2N3O4S/c1-9-5-11-6-10(3-4-16(11)23(9)28(2,26)27)18(25)22-15-7-12(17(21)24)13(19)8-14(15)20/h3-4,6-9H,5H2,1-2H3,(H2,21,24)(H,22,25). The fourth-order valence-corrected chi connectivity index (χ4v) is 4.54. The number of hydrogen-bond donors (Lipinski definition) is 2. The van der Waals surface area contributed by atoms with Gasteiger partial charge in [0.25, 0.3) is 11.8 Å². The number of carbonyl (C=O) groups excluding carboxylic acids is 2. The lowest BCUT2D eigenvalue weighted by molar-refractivity contribution is 0.0992. The van der Waals surface area contributed by atoms with E-state index >= 15 is 0 Å². The van der Waals surface area contributed by atoms with Gasteiger partial charge in [-0.1, -0.05) is 0 Å². The fraction of sp³-hybridized carbons (Fsp3) is 0.222. The highest BCUT2D eigenvalue weighted by molar-refractivity contribution is 7.92. The quantitative estimate of drug-likeness (QED) is 0.805. The Bertz CT molecular complexity index is 1100. The third-order valence-corrected chi connectivity index (χ3v) is 5.69. The molecule has 0 spiro atoms. The van der Waals surface area contributed by atoms with Gasteiger partial charge < -0.3 is 11.1 Å². The van der Waals surface area contributed by atoms with Crippen molar-refractivity contribution >= 4 is 33.2 Å². The molecule has 7 nitrogen and oxygen atoms in total. The van der Waals surface area contributed by atoms with Crippen LogP contribution in [0, 0.1) is 11.6 Å². The summed E-state index contributed by atoms with van der Waals surface area (Å²) in [7, 11) is -3.47. The molecule has 10 heteroatoms. The van der Waals surface area contributed by atoms with Crippen LogP contribution in [-0.4, -0.2) is 32.5 Å². The molecule has 0 radical (unpaired) electrons. The number of rotatable bonds is 4. The number of carbonyl (C=O) groups is 2. The number of sulfonamides is 1. The van der Waals surface area contributed by atoms with Gasteiger partial charge in [0, 0.05) is 17.7 Å². The van der Waals surface area contributed by atoms with Crippen LogP contribution in [0.25, 0.3) is 0 Å². The number of hydrogen-bond acceptors (Lipinski definition) is 4. The molecule has 0 aromatic heterocycles. The van der Waals surface area contributed by atoms with E-state index in [0.29, 0.717) is 23.7 Å². The summed E-state index contributed by atoms with van der Waals surface area (Å²) in [5, 5.41) is 2.27. The molecule has 0 aliphatic carbocycles. The molecule has 148 valence electrons. The normalized spacial score (nSPS) is 16.0. The molecule has 3 N–H and O–H groups in total. The molecule has 0 fully saturated rings. The zero-order chi connectivity index (χ0) is 20.8. The van der Waals surface area contributed by atoms with Crippen LogP contribution in [0.1, 0.15) is 33.2 Å². The number of nitrogens with one attached hydrogen (secondary N) is 1. The first-order valence-electron chi connectivity index (χ1n) is 8.21. The van der Waals surface area contributed by atoms with Gasteiger partial charge in [0.2, 0.25) is 10.0 Å². The molecule has 2 amide bonds. The molecule has 1 unspecified atom stereocenters. The zero-order valence-corrected chi connectivity index (χ0v) is 15.8. The number of primary amides is 1. The Balaban J connectivity index is 1.91. The first-order chi connectivity index (χ1) is 13.0. The van der Waals surface area contributed by atoms with Crippen molar-refractivity contribution in [3.63, 3.8) is 0 Å². The maximum atomic E-state index is 13.9. The maximum Gasteiger partial charge on any atom is 0.255 e. The van der Waals surface area contributed by atoms with Gasteiger partial charge in [0.1, 0.15) is 11.6 Å². The molecule has 3 rings (SSSR count). The van der Waals surface area contributed by atoms with Gasteiger partial charge in [-0.15, -0.1) is 0 Å². The molecule has 0 saturated heterocycles. The molecule has 1 atom stereocenters. The summed E-state index contributed by atoms with van der Waals surface area (Å²) in [6.45, 7) is 1.75. The summed E-state index contributed by atoms with van der Waals surface area (Å²) >= 11 is 0. The zero-order valence-electron chi connectivity index (χ0n) is 15.0. The van der Waals surface area contributed by atoms with Crippen LogP contribution in [0.3, 0.4) is 0 Å². The van der Waals surface area contributed by atoms with E-state index in [2.05, 4.69) is 5.32 Å². The minimum atomic E-state index is -3.47. The Morgan fingerprint density at radius 2 is 1.86 bits per heavy atom. The number of nitrogens with zero attached hydrogens (tertiary/aromatic N) is 1. The highest BCUT2D eigenvalue weighted by atomic mass is 32.2. The van der Waals surface area contributed by atoms with Crippen molar-refractivity contribution in [1.82, 2.24) is 0 Å². The number of fused-ring (bicyclic) bond motifs is 1. The molecule has 1 heterocycles. The lowest BCUT2D eigenvalue weighted by Crippen LogP contribution is -2.34. The van der Waals surface area contributed by atoms with Gasteiger partial charge in [-0.05, 0) is 43.2 Å². The fourth-order valence-electron chi connectivity index (χ4n) is 3.28. The highest BCUT2D eigenvalue weighted by Crippen LogP contribution is 2.35. The van der Waals surface area contributed by atoms with Crippen LogP contribution in [0.4, 0.5) is 20.2 Å². The van der Waals surface area contributed by atoms with Gasteiger partial charge in [0.05, 0.1) is 23.2 Å². The monoisotopic (exact) mass is 409 g/mol. The van der Waals surface area contributed by atoms with E-state index in [9.17, 15) is 26.8 Å². The van der Waals surface area contributed by atoms with E-state index < -0.39 is 44.7 Å². The van der Waals surface area contributed by atoms with Gasteiger partial charge in [-0.2, -0.15) is 0 Å². The van der Waals surface area contributed by atoms with Crippen LogP contribution in [0.5, 0.6) is 0 Å². The van der Waals surface area contributed by atoms with Crippen molar-refractivity contribution in [3.05, 3.63) is 58.7 Å². The molecule has 28 heavy (non-hydrogen) atoms. The Kier molecular flexibility index (Phi) is 4.84. The molecule has 1 aliphatic rings. The Hall–Kier alpha value is -3.01. The predicted molar refractivity (Wildman–Crippen MR) is 99.8 cm³/mol. The van der Waals surface area contributed by atoms with Crippen LogP contribution >= 0.6 is 0 Å². The number of benzene rings is 2. The van der Waals surface area contributed by atoms with Crippen molar-refractivity contribution in [2.45, 2.75) is 19.4 Å². The van der Waals surface area contributed by atoms with Crippen molar-refractivity contribution in [2.24, 2.45) is 5.73 Å². The molecule has 2 aromatic carbocycles. The average Bonchev–Trinajstić information content (AvgIpc) is 2.91. The summed E-state index contributed by atoms with van der Waals surface area (Å²) in [6.07, 6.45) is 1.52. The van der Waals surface area contributed by atoms with E-state index in [1.165, 1.54) is 22.5 Å². The van der Waals surface area contributed by atoms with Gasteiger partial charge in [0.15, 0.2) is 0 Å². The Labute approximate surface area is 160 Å². The molecule has 2 aromatic rings. The lowest BCUT2D eigenvalue weighted by Gasteiger charge is -2.21. The molecule has 0 bridgehead atoms. The van der Waals surface area contributed by atoms with Gasteiger partial charge >= 0.3 is 0 Å². The summed E-state index contributed by atoms with van der Waals surface area (Å²) in [4.78, 5) is 23.7. The lowest BCUT2D eigenvalue weighted by atomic mass is 10.1. The summed E-state index contributed by atoms with van der Waals surface area (Å²) in [5.41, 5.74) is 5.38. The number of halogens is 2. The molecule has 1 aliphatic heterocycles. The smallest absolute Gasteiger partial charge is 0.255 e. The van der Waals surface area contributed by atoms with Gasteiger partial charge in [-0.25, -0.2) is 17.2 Å². The summed E-state index contributed by atoms with van der Waals surface area (Å²) in [5.74, 6) is -3.99. The van der Waals surface area contributed by atoms with Crippen LogP contribution in [0.15, 0.2) is 30.3 Å². The Morgan fingerprint density at radius 3 is 2.46 bits per heavy atom. The van der Waals surface area contributed by atoms with Crippen LogP contribution in [0.2, 0.25) is 0 Å². The third kappa shape index (κ3) is 3.55. The Morgan fingerprint density at radius 1 is 1.18 bits per heavy atom. The van der Waals surface area contributed by atoms with Gasteiger partial charge in [-0.3, -0.25) is 13.9 Å². The second-order valence-electron chi connectivity index (χ2n) is 6.59. The van der Waals surface area contributed by atoms with Crippen LogP contribution in [-0.2, 0) is 16.4 Å². The SMILES string of the molecule is CC1Cc2cc(C(=O)Nc3cc(C(N)=O)c(F)cc3F)ccc2N1S(C)(=O)=O. The molecular formula is C18H17F2N3O4S. The number of amides is 2. The van der Waals surface area contributed by atoms with E-state index in [1.54, 1.807) is 6.92 Å². The van der Waals surface area contributed by atoms with Crippen molar-refractivity contribution < 1.29 is 26.8 Å². The maximum absolute atomic E-state index is 13.9. The highest BCUT2D eigenvalue weighted by Gasteiger charge is 2.32. The molecular weight excluding hydrogens is 392 g/mol. The van der Waals surface area contributed by atoms with E-state index in [4.69, 9.17) is 5.73 Å². The van der Waals surface area contributed by atoms with Crippen LogP contribution < -0.4 is 15.4 Å². The van der Waals surface area contributed by atoms with Crippen molar-refractivity contribution in [1.29, 1.82) is 0 Å². The second-order valence-corrected chi connectivity index (χ2v) is 8.45. The minimum absolute atomic E-state index is 0.158. The second kappa shape index (κ2) is 6.86. The predicted octanol–water partition coefficient (Wildman–Crippen LogP) is 2.03. The van der Waals surface area contributed by atoms with E-state index in [0.717, 1.165) is 12.3 Å². The average molecular weight is 409 g/mol. The van der Waals surface area contributed by atoms with E-state index in [-0.39, 0.29) is 11.6 Å². The largest absolute Gasteiger partial charge is 0.366 e. The van der Waals surface area contributed by atoms with Crippen molar-refractivity contribution in [3.8, 4) is 0 Å². The topological polar surface area (TPSA) is 110 Å². The molecule has 0 saturated carbocycles.